The third-order valence-electron chi connectivity index (χ3n) is 6.24. The summed E-state index contributed by atoms with van der Waals surface area (Å²) in [5, 5.41) is 32.0. The van der Waals surface area contributed by atoms with Crippen molar-refractivity contribution in [3.63, 3.8) is 0 Å². The van der Waals surface area contributed by atoms with Crippen molar-refractivity contribution < 1.29 is 0 Å². The molecule has 1 fully saturated rings. The number of rotatable bonds is 4. The quantitative estimate of drug-likeness (QED) is 0.509. The average Bonchev–Trinajstić information content (AvgIpc) is 3.54. The second-order valence-electron chi connectivity index (χ2n) is 8.17. The molecule has 0 unspecified atom stereocenters. The molecule has 0 N–H and O–H groups in total. The van der Waals surface area contributed by atoms with E-state index in [0.29, 0.717) is 6.42 Å². The lowest BCUT2D eigenvalue weighted by Crippen LogP contribution is -2.37. The van der Waals surface area contributed by atoms with E-state index in [-0.39, 0.29) is 11.5 Å². The SMILES string of the molecule is Cn1cc(-c2cn3nccc3c(-c3cnn([C@]4(CC#N)CC[C@@H](C#N)CC4)c3)n2)cn1. The molecule has 154 valence electrons. The molecule has 5 rings (SSSR count). The number of nitrogens with zero attached hydrogens (tertiary/aromatic N) is 9. The third kappa shape index (κ3) is 3.24. The van der Waals surface area contributed by atoms with E-state index in [1.807, 2.05) is 40.9 Å². The Labute approximate surface area is 179 Å². The summed E-state index contributed by atoms with van der Waals surface area (Å²) < 4.78 is 5.47. The van der Waals surface area contributed by atoms with Gasteiger partial charge in [0.25, 0.3) is 0 Å². The summed E-state index contributed by atoms with van der Waals surface area (Å²) in [6.45, 7) is 0. The van der Waals surface area contributed by atoms with Crippen molar-refractivity contribution >= 4 is 5.52 Å². The van der Waals surface area contributed by atoms with Crippen molar-refractivity contribution in [1.29, 1.82) is 10.5 Å². The zero-order valence-corrected chi connectivity index (χ0v) is 17.2. The lowest BCUT2D eigenvalue weighted by molar-refractivity contribution is 0.160. The zero-order chi connectivity index (χ0) is 21.4. The number of nitriles is 2. The molecule has 1 aliphatic rings. The van der Waals surface area contributed by atoms with Gasteiger partial charge >= 0.3 is 0 Å². The first-order valence-electron chi connectivity index (χ1n) is 10.3. The van der Waals surface area contributed by atoms with Crippen LogP contribution in [0.2, 0.25) is 0 Å². The van der Waals surface area contributed by atoms with Gasteiger partial charge in [0.15, 0.2) is 0 Å². The molecule has 4 aromatic rings. The maximum absolute atomic E-state index is 9.48. The molecule has 0 amide bonds. The second-order valence-corrected chi connectivity index (χ2v) is 8.17. The normalized spacial score (nSPS) is 21.1. The van der Waals surface area contributed by atoms with E-state index >= 15 is 0 Å². The monoisotopic (exact) mass is 411 g/mol. The van der Waals surface area contributed by atoms with Gasteiger partial charge in [-0.25, -0.2) is 9.50 Å². The van der Waals surface area contributed by atoms with E-state index in [1.54, 1.807) is 23.3 Å². The Morgan fingerprint density at radius 3 is 2.58 bits per heavy atom. The molecule has 4 aromatic heterocycles. The van der Waals surface area contributed by atoms with Crippen LogP contribution in [0.1, 0.15) is 32.1 Å². The highest BCUT2D eigenvalue weighted by molar-refractivity contribution is 5.78. The number of fused-ring (bicyclic) bond motifs is 1. The van der Waals surface area contributed by atoms with Gasteiger partial charge in [-0.1, -0.05) is 0 Å². The first-order valence-corrected chi connectivity index (χ1v) is 10.3. The summed E-state index contributed by atoms with van der Waals surface area (Å²) in [5.74, 6) is 0.0612. The van der Waals surface area contributed by atoms with Crippen LogP contribution in [0.5, 0.6) is 0 Å². The van der Waals surface area contributed by atoms with E-state index in [1.165, 1.54) is 0 Å². The number of aromatic nitrogens is 7. The van der Waals surface area contributed by atoms with Gasteiger partial charge in [0, 0.05) is 36.5 Å². The van der Waals surface area contributed by atoms with Crippen molar-refractivity contribution in [2.24, 2.45) is 13.0 Å². The first kappa shape index (κ1) is 19.0. The highest BCUT2D eigenvalue weighted by atomic mass is 15.3. The molecule has 0 radical (unpaired) electrons. The molecule has 9 nitrogen and oxygen atoms in total. The van der Waals surface area contributed by atoms with Crippen LogP contribution in [0.25, 0.3) is 28.0 Å². The molecule has 0 saturated heterocycles. The molecule has 0 spiro atoms. The molecular weight excluding hydrogens is 390 g/mol. The summed E-state index contributed by atoms with van der Waals surface area (Å²) in [4.78, 5) is 4.90. The topological polar surface area (TPSA) is 113 Å². The maximum atomic E-state index is 9.48. The number of hydrogen-bond acceptors (Lipinski definition) is 6. The van der Waals surface area contributed by atoms with Gasteiger partial charge < -0.3 is 0 Å². The van der Waals surface area contributed by atoms with Gasteiger partial charge in [0.05, 0.1) is 65.8 Å². The molecule has 1 saturated carbocycles. The highest BCUT2D eigenvalue weighted by Crippen LogP contribution is 2.40. The fourth-order valence-electron chi connectivity index (χ4n) is 4.45. The van der Waals surface area contributed by atoms with Crippen LogP contribution in [0.3, 0.4) is 0 Å². The standard InChI is InChI=1S/C22H21N9/c1-29-13-17(11-26-29)19-15-30-20(4-9-25-30)21(28-19)18-12-27-31(14-18)22(7-8-23)5-2-16(10-24)3-6-22/h4,9,11-16H,2-3,5-7H2,1H3/t16-,22-. The van der Waals surface area contributed by atoms with E-state index in [9.17, 15) is 10.5 Å². The van der Waals surface area contributed by atoms with Crippen LogP contribution >= 0.6 is 0 Å². The number of hydrogen-bond donors (Lipinski definition) is 0. The Hall–Kier alpha value is -3.98. The van der Waals surface area contributed by atoms with Crippen molar-refractivity contribution in [1.82, 2.24) is 34.2 Å². The van der Waals surface area contributed by atoms with Gasteiger partial charge in [-0.05, 0) is 31.7 Å². The first-order chi connectivity index (χ1) is 15.1. The molecule has 4 heterocycles. The summed E-state index contributed by atoms with van der Waals surface area (Å²) in [6, 6.07) is 6.63. The van der Waals surface area contributed by atoms with Crippen LogP contribution in [0.15, 0.2) is 43.2 Å². The maximum Gasteiger partial charge on any atom is 0.0999 e. The summed E-state index contributed by atoms with van der Waals surface area (Å²) >= 11 is 0. The van der Waals surface area contributed by atoms with Crippen LogP contribution in [-0.2, 0) is 12.6 Å². The Morgan fingerprint density at radius 1 is 1.06 bits per heavy atom. The molecular formula is C22H21N9. The lowest BCUT2D eigenvalue weighted by Gasteiger charge is -2.37. The fourth-order valence-corrected chi connectivity index (χ4v) is 4.45. The van der Waals surface area contributed by atoms with E-state index in [0.717, 1.165) is 53.7 Å². The largest absolute Gasteiger partial charge is 0.275 e. The lowest BCUT2D eigenvalue weighted by atomic mass is 9.75. The van der Waals surface area contributed by atoms with Gasteiger partial charge in [-0.3, -0.25) is 9.36 Å². The molecule has 0 atom stereocenters. The van der Waals surface area contributed by atoms with Gasteiger partial charge in [-0.2, -0.15) is 25.8 Å². The van der Waals surface area contributed by atoms with Crippen molar-refractivity contribution in [2.75, 3.05) is 0 Å². The van der Waals surface area contributed by atoms with Gasteiger partial charge in [0.2, 0.25) is 0 Å². The Morgan fingerprint density at radius 2 is 1.87 bits per heavy atom. The molecule has 9 heteroatoms. The minimum absolute atomic E-state index is 0.0612. The average molecular weight is 411 g/mol. The van der Waals surface area contributed by atoms with Crippen molar-refractivity contribution in [2.45, 2.75) is 37.6 Å². The third-order valence-corrected chi connectivity index (χ3v) is 6.24. The Kier molecular flexibility index (Phi) is 4.52. The van der Waals surface area contributed by atoms with E-state index in [2.05, 4.69) is 27.4 Å². The van der Waals surface area contributed by atoms with E-state index in [4.69, 9.17) is 4.98 Å². The van der Waals surface area contributed by atoms with Crippen LogP contribution in [0, 0.1) is 28.6 Å². The van der Waals surface area contributed by atoms with E-state index < -0.39 is 0 Å². The minimum Gasteiger partial charge on any atom is -0.275 e. The zero-order valence-electron chi connectivity index (χ0n) is 17.2. The van der Waals surface area contributed by atoms with Crippen LogP contribution < -0.4 is 0 Å². The highest BCUT2D eigenvalue weighted by Gasteiger charge is 2.38. The molecule has 0 aromatic carbocycles. The smallest absolute Gasteiger partial charge is 0.0999 e. The molecule has 0 bridgehead atoms. The van der Waals surface area contributed by atoms with Crippen molar-refractivity contribution in [3.05, 3.63) is 43.2 Å². The molecule has 0 aliphatic heterocycles. The van der Waals surface area contributed by atoms with Crippen LogP contribution in [0.4, 0.5) is 0 Å². The van der Waals surface area contributed by atoms with Crippen LogP contribution in [-0.4, -0.2) is 34.2 Å². The predicted octanol–water partition coefficient (Wildman–Crippen LogP) is 3.32. The summed E-state index contributed by atoms with van der Waals surface area (Å²) in [6.07, 6.45) is 14.6. The second kappa shape index (κ2) is 7.37. The van der Waals surface area contributed by atoms with Gasteiger partial charge in [-0.15, -0.1) is 0 Å². The molecule has 31 heavy (non-hydrogen) atoms. The van der Waals surface area contributed by atoms with Gasteiger partial charge in [0.1, 0.15) is 0 Å². The Balaban J connectivity index is 1.57. The fraction of sp³-hybridized carbons (Fsp3) is 0.364. The Bertz CT molecular complexity index is 1320. The molecule has 1 aliphatic carbocycles. The predicted molar refractivity (Wildman–Crippen MR) is 112 cm³/mol. The van der Waals surface area contributed by atoms with Crippen molar-refractivity contribution in [3.8, 4) is 34.7 Å². The summed E-state index contributed by atoms with van der Waals surface area (Å²) in [7, 11) is 1.87. The minimum atomic E-state index is -0.377. The summed E-state index contributed by atoms with van der Waals surface area (Å²) in [5.41, 5.74) is 3.84. The number of aryl methyl sites for hydroxylation is 1.